The van der Waals surface area contributed by atoms with E-state index >= 15 is 0 Å². The number of carbonyl (C=O) groups excluding carboxylic acids is 2. The van der Waals surface area contributed by atoms with Crippen LogP contribution in [-0.4, -0.2) is 86.1 Å². The number of aromatic nitrogens is 2. The molecule has 2 saturated heterocycles. The number of ether oxygens (including phenoxy) is 2. The quantitative estimate of drug-likeness (QED) is 0.120. The molecule has 2 fully saturated rings. The summed E-state index contributed by atoms with van der Waals surface area (Å²) < 4.78 is 11.4. The molecule has 2 amide bonds. The molecule has 60 heavy (non-hydrogen) atoms. The van der Waals surface area contributed by atoms with E-state index in [9.17, 15) is 9.59 Å². The second-order valence-electron chi connectivity index (χ2n) is 15.4. The Labute approximate surface area is 362 Å². The SMILES string of the molecule is CN(C)c1ccc(-c2csc([C@H]3CCCCN3C(=O)COc3ccccc3)n2)cc1.CN(C)c1ccc(-c2csc([C@H]3CCCCN3C(=O)COc3ccccc3)n2)cc1. The molecular formula is C48H54N6O4S2. The van der Waals surface area contributed by atoms with Crippen LogP contribution >= 0.6 is 22.7 Å². The van der Waals surface area contributed by atoms with Crippen molar-refractivity contribution in [1.29, 1.82) is 0 Å². The molecule has 0 bridgehead atoms. The minimum absolute atomic E-state index is 0.0237. The average molecular weight is 843 g/mol. The van der Waals surface area contributed by atoms with Gasteiger partial charge in [-0.05, 0) is 87.1 Å². The van der Waals surface area contributed by atoms with Crippen LogP contribution in [0.2, 0.25) is 0 Å². The fraction of sp³-hybridized carbons (Fsp3) is 0.333. The van der Waals surface area contributed by atoms with Gasteiger partial charge in [0.25, 0.3) is 11.8 Å². The maximum atomic E-state index is 12.9. The molecule has 312 valence electrons. The molecule has 8 rings (SSSR count). The fourth-order valence-electron chi connectivity index (χ4n) is 7.47. The zero-order chi connectivity index (χ0) is 41.8. The van der Waals surface area contributed by atoms with Gasteiger partial charge in [-0.15, -0.1) is 22.7 Å². The Morgan fingerprint density at radius 1 is 0.567 bits per heavy atom. The molecule has 4 aromatic carbocycles. The molecule has 2 aromatic heterocycles. The molecule has 6 aromatic rings. The topological polar surface area (TPSA) is 91.3 Å². The smallest absolute Gasteiger partial charge is 0.261 e. The number of amides is 2. The second kappa shape index (κ2) is 20.5. The molecule has 10 nitrogen and oxygen atoms in total. The first-order valence-corrected chi connectivity index (χ1v) is 22.4. The summed E-state index contributed by atoms with van der Waals surface area (Å²) in [5, 5.41) is 6.21. The van der Waals surface area contributed by atoms with Gasteiger partial charge >= 0.3 is 0 Å². The normalized spacial score (nSPS) is 16.3. The first-order chi connectivity index (χ1) is 29.2. The van der Waals surface area contributed by atoms with E-state index in [0.717, 1.165) is 107 Å². The minimum atomic E-state index is 0.0237. The van der Waals surface area contributed by atoms with Crippen molar-refractivity contribution in [2.75, 3.05) is 64.3 Å². The number of benzene rings is 4. The highest BCUT2D eigenvalue weighted by Crippen LogP contribution is 2.37. The Bertz CT molecular complexity index is 2100. The van der Waals surface area contributed by atoms with Crippen LogP contribution in [0, 0.1) is 0 Å². The van der Waals surface area contributed by atoms with Gasteiger partial charge in [0.15, 0.2) is 13.2 Å². The van der Waals surface area contributed by atoms with E-state index in [1.165, 1.54) is 0 Å². The standard InChI is InChI=1S/2C24H27N3O2S/c2*1-26(2)19-13-11-18(12-14-19)21-17-30-24(25-21)22-10-6-7-15-27(22)23(28)16-29-20-8-4-3-5-9-20/h2*3-5,8-9,11-14,17,22H,6-7,10,15-16H2,1-2H3/t2*22-/m11/s1. The third kappa shape index (κ3) is 10.9. The molecule has 0 saturated carbocycles. The lowest BCUT2D eigenvalue weighted by Gasteiger charge is -2.34. The van der Waals surface area contributed by atoms with Crippen LogP contribution in [0.4, 0.5) is 11.4 Å². The number of para-hydroxylation sites is 2. The largest absolute Gasteiger partial charge is 0.484 e. The number of thiazole rings is 2. The Hall–Kier alpha value is -5.72. The van der Waals surface area contributed by atoms with Gasteiger partial charge in [0, 0.05) is 74.5 Å². The first kappa shape index (κ1) is 42.4. The molecule has 2 aliphatic heterocycles. The van der Waals surface area contributed by atoms with Crippen molar-refractivity contribution in [2.24, 2.45) is 0 Å². The molecule has 4 heterocycles. The number of rotatable bonds is 12. The molecule has 0 spiro atoms. The molecule has 0 aliphatic carbocycles. The van der Waals surface area contributed by atoms with Crippen LogP contribution in [0.1, 0.15) is 60.6 Å². The van der Waals surface area contributed by atoms with E-state index in [1.807, 2.05) is 98.7 Å². The van der Waals surface area contributed by atoms with E-state index in [-0.39, 0.29) is 37.1 Å². The Kier molecular flexibility index (Phi) is 14.5. The molecule has 2 aliphatic rings. The summed E-state index contributed by atoms with van der Waals surface area (Å²) in [7, 11) is 8.14. The lowest BCUT2D eigenvalue weighted by molar-refractivity contribution is -0.138. The molecule has 2 atom stereocenters. The van der Waals surface area contributed by atoms with Crippen LogP contribution < -0.4 is 19.3 Å². The maximum Gasteiger partial charge on any atom is 0.261 e. The molecule has 0 unspecified atom stereocenters. The summed E-state index contributed by atoms with van der Waals surface area (Å²) in [6, 6.07) is 35.9. The van der Waals surface area contributed by atoms with Crippen molar-refractivity contribution in [2.45, 2.75) is 50.6 Å². The fourth-order valence-corrected chi connectivity index (χ4v) is 9.42. The predicted octanol–water partition coefficient (Wildman–Crippen LogP) is 10.0. The molecule has 12 heteroatoms. The van der Waals surface area contributed by atoms with Crippen molar-refractivity contribution in [3.05, 3.63) is 130 Å². The zero-order valence-corrected chi connectivity index (χ0v) is 36.5. The van der Waals surface area contributed by atoms with E-state index in [4.69, 9.17) is 19.4 Å². The summed E-state index contributed by atoms with van der Waals surface area (Å²) in [5.74, 6) is 1.49. The lowest BCUT2D eigenvalue weighted by atomic mass is 10.0. The van der Waals surface area contributed by atoms with Gasteiger partial charge in [0.1, 0.15) is 21.5 Å². The number of nitrogens with zero attached hydrogens (tertiary/aromatic N) is 6. The van der Waals surface area contributed by atoms with Gasteiger partial charge in [0.05, 0.1) is 23.5 Å². The van der Waals surface area contributed by atoms with E-state index < -0.39 is 0 Å². The van der Waals surface area contributed by atoms with E-state index in [0.29, 0.717) is 0 Å². The van der Waals surface area contributed by atoms with Gasteiger partial charge in [-0.1, -0.05) is 60.7 Å². The van der Waals surface area contributed by atoms with Crippen molar-refractivity contribution in [3.63, 3.8) is 0 Å². The van der Waals surface area contributed by atoms with Crippen LogP contribution in [0.5, 0.6) is 11.5 Å². The number of hydrogen-bond donors (Lipinski definition) is 0. The van der Waals surface area contributed by atoms with Gasteiger partial charge in [-0.2, -0.15) is 0 Å². The Balaban J connectivity index is 0.000000181. The summed E-state index contributed by atoms with van der Waals surface area (Å²) >= 11 is 3.28. The molecule has 0 radical (unpaired) electrons. The van der Waals surface area contributed by atoms with Crippen LogP contribution in [0.3, 0.4) is 0 Å². The zero-order valence-electron chi connectivity index (χ0n) is 34.9. The molecular weight excluding hydrogens is 789 g/mol. The Morgan fingerprint density at radius 2 is 0.950 bits per heavy atom. The van der Waals surface area contributed by atoms with Gasteiger partial charge < -0.3 is 29.1 Å². The summed E-state index contributed by atoms with van der Waals surface area (Å²) in [4.78, 5) is 43.7. The predicted molar refractivity (Wildman–Crippen MR) is 244 cm³/mol. The summed E-state index contributed by atoms with van der Waals surface area (Å²) in [6.45, 7) is 1.64. The van der Waals surface area contributed by atoms with Gasteiger partial charge in [-0.3, -0.25) is 9.59 Å². The van der Waals surface area contributed by atoms with Crippen molar-refractivity contribution in [3.8, 4) is 34.0 Å². The molecule has 0 N–H and O–H groups in total. The minimum Gasteiger partial charge on any atom is -0.484 e. The van der Waals surface area contributed by atoms with Crippen LogP contribution in [-0.2, 0) is 9.59 Å². The third-order valence-electron chi connectivity index (χ3n) is 10.8. The summed E-state index contributed by atoms with van der Waals surface area (Å²) in [5.41, 5.74) is 6.47. The highest BCUT2D eigenvalue weighted by Gasteiger charge is 2.32. The van der Waals surface area contributed by atoms with Crippen LogP contribution in [0.15, 0.2) is 120 Å². The second-order valence-corrected chi connectivity index (χ2v) is 17.2. The van der Waals surface area contributed by atoms with Gasteiger partial charge in [0.2, 0.25) is 0 Å². The van der Waals surface area contributed by atoms with Crippen molar-refractivity contribution >= 4 is 45.9 Å². The monoisotopic (exact) mass is 842 g/mol. The maximum absolute atomic E-state index is 12.9. The van der Waals surface area contributed by atoms with E-state index in [1.54, 1.807) is 22.7 Å². The van der Waals surface area contributed by atoms with Crippen molar-refractivity contribution in [1.82, 2.24) is 19.8 Å². The highest BCUT2D eigenvalue weighted by molar-refractivity contribution is 7.10. The third-order valence-corrected chi connectivity index (χ3v) is 12.7. The summed E-state index contributed by atoms with van der Waals surface area (Å²) in [6.07, 6.45) is 6.17. The van der Waals surface area contributed by atoms with E-state index in [2.05, 4.69) is 69.1 Å². The number of carbonyl (C=O) groups is 2. The number of anilines is 2. The van der Waals surface area contributed by atoms with Crippen LogP contribution in [0.25, 0.3) is 22.5 Å². The Morgan fingerprint density at radius 3 is 1.32 bits per heavy atom. The first-order valence-electron chi connectivity index (χ1n) is 20.6. The van der Waals surface area contributed by atoms with Gasteiger partial charge in [-0.25, -0.2) is 9.97 Å². The number of hydrogen-bond acceptors (Lipinski definition) is 10. The average Bonchev–Trinajstić information content (AvgIpc) is 4.00. The lowest BCUT2D eigenvalue weighted by Crippen LogP contribution is -2.41. The highest BCUT2D eigenvalue weighted by atomic mass is 32.1. The number of likely N-dealkylation sites (tertiary alicyclic amines) is 2. The number of piperidine rings is 2. The van der Waals surface area contributed by atoms with Crippen molar-refractivity contribution < 1.29 is 19.1 Å².